The average molecular weight is 1560 g/mol. The normalized spacial score (nSPS) is 13.3. The summed E-state index contributed by atoms with van der Waals surface area (Å²) in [4.78, 5) is 85.0. The monoisotopic (exact) mass is 1560 g/mol. The molecule has 6 rings (SSSR count). The second kappa shape index (κ2) is 54.5. The Morgan fingerprint density at radius 2 is 0.568 bits per heavy atom. The number of aryl methyl sites for hydroxylation is 6. The van der Waals surface area contributed by atoms with Crippen LogP contribution in [0.15, 0.2) is 45.3 Å². The highest BCUT2D eigenvalue weighted by atomic mass is 16.5. The standard InChI is InChI=1S/C15H27N3O2.2C14H25N3O2.2C13H23N3O2.C12H21N3O2/c1-6-8-9-18(5)10-11(3)16-15(19)14-12(4)13(7-2)20-17-14;1-6-8-17(5)9-10(3)15-14(18)13-11(4)12(7-2)19-16-13;1-5-7-8-17(4)10-11(3)15-14(18)13-9-12(6-2)19-16-13;1-7-11-8(2)12(15-18-11)13(17)14-9(3)10(4)16(5)6;1-5-7-16(4)9-10(3)14-13(17)12-8-11(6-2)18-15-12;1-6-10-7-11(14-17-10)12(16)13-8(2)9(3)15(4)5/h11H,6-10H2,1-5H3,(H,16,19);10H,6-9H2,1-5H3,(H,15,18);9,11H,5-8,10H2,1-4H3,(H,15,18);9-10H,7H2,1-6H3,(H,14,17);8,10H,5-7,9H2,1-4H3,(H,14,17);7-9H,6H2,1-5H3,(H,13,16). The lowest BCUT2D eigenvalue weighted by atomic mass is 10.1. The van der Waals surface area contributed by atoms with E-state index < -0.39 is 0 Å². The molecule has 0 bridgehead atoms. The Balaban J connectivity index is 0.000000666. The summed E-state index contributed by atoms with van der Waals surface area (Å²) < 4.78 is 30.5. The van der Waals surface area contributed by atoms with E-state index in [4.69, 9.17) is 27.1 Å². The van der Waals surface area contributed by atoms with Crippen molar-refractivity contribution in [2.24, 2.45) is 0 Å². The first-order valence-electron chi connectivity index (χ1n) is 40.1. The quantitative estimate of drug-likeness (QED) is 0.0208. The number of rotatable bonds is 40. The summed E-state index contributed by atoms with van der Waals surface area (Å²) in [5.41, 5.74) is 4.79. The molecule has 0 spiro atoms. The van der Waals surface area contributed by atoms with Gasteiger partial charge in [0.05, 0.1) is 0 Å². The highest BCUT2D eigenvalue weighted by Gasteiger charge is 2.26. The Bertz CT molecular complexity index is 3570. The summed E-state index contributed by atoms with van der Waals surface area (Å²) in [7, 11) is 16.2. The molecule has 0 saturated heterocycles. The Labute approximate surface area is 663 Å². The van der Waals surface area contributed by atoms with Crippen molar-refractivity contribution in [1.29, 1.82) is 0 Å². The van der Waals surface area contributed by atoms with Crippen LogP contribution in [0.5, 0.6) is 0 Å². The lowest BCUT2D eigenvalue weighted by molar-refractivity contribution is 0.0901. The molecule has 6 N–H and O–H groups in total. The Morgan fingerprint density at radius 1 is 0.324 bits per heavy atom. The Morgan fingerprint density at radius 3 is 0.793 bits per heavy atom. The maximum absolute atomic E-state index is 12.1. The molecule has 6 heterocycles. The van der Waals surface area contributed by atoms with Gasteiger partial charge in [-0.1, -0.05) is 113 Å². The molecule has 30 nitrogen and oxygen atoms in total. The number of aromatic nitrogens is 6. The first-order valence-corrected chi connectivity index (χ1v) is 40.1. The van der Waals surface area contributed by atoms with Gasteiger partial charge in [0.2, 0.25) is 0 Å². The van der Waals surface area contributed by atoms with E-state index in [0.29, 0.717) is 34.2 Å². The first kappa shape index (κ1) is 101. The predicted octanol–water partition coefficient (Wildman–Crippen LogP) is 11.1. The summed E-state index contributed by atoms with van der Waals surface area (Å²) in [6.07, 6.45) is 11.4. The third kappa shape index (κ3) is 37.8. The number of hydrogen-bond acceptors (Lipinski definition) is 24. The largest absolute Gasteiger partial charge is 0.361 e. The maximum atomic E-state index is 12.1. The molecule has 0 saturated carbocycles. The van der Waals surface area contributed by atoms with Gasteiger partial charge >= 0.3 is 0 Å². The Kier molecular flexibility index (Phi) is 49.5. The number of unbranched alkanes of at least 4 members (excludes halogenated alkanes) is 2. The van der Waals surface area contributed by atoms with Crippen LogP contribution in [0.3, 0.4) is 0 Å². The molecule has 8 unspecified atom stereocenters. The van der Waals surface area contributed by atoms with Crippen molar-refractivity contribution in [2.45, 2.75) is 271 Å². The van der Waals surface area contributed by atoms with Gasteiger partial charge in [0.25, 0.3) is 35.4 Å². The SMILES string of the molecule is CCCCN(C)CC(C)NC(=O)c1cc(CC)on1.CCCCN(C)CC(C)NC(=O)c1noc(CC)c1C.CCCN(C)CC(C)NC(=O)c1cc(CC)on1.CCCN(C)CC(C)NC(=O)c1noc(CC)c1C.CCc1cc(C(=O)NC(C)C(C)N(C)C)no1.CCc1onc(C(=O)NC(C)C(C)N(C)C)c1C. The van der Waals surface area contributed by atoms with Gasteiger partial charge in [-0.25, -0.2) is 0 Å². The molecule has 0 aliphatic heterocycles. The van der Waals surface area contributed by atoms with Crippen LogP contribution in [0, 0.1) is 20.8 Å². The summed E-state index contributed by atoms with van der Waals surface area (Å²) in [5, 5.41) is 40.5. The maximum Gasteiger partial charge on any atom is 0.274 e. The fourth-order valence-corrected chi connectivity index (χ4v) is 11.4. The van der Waals surface area contributed by atoms with Crippen LogP contribution in [0.2, 0.25) is 0 Å². The van der Waals surface area contributed by atoms with Crippen molar-refractivity contribution in [3.63, 3.8) is 0 Å². The van der Waals surface area contributed by atoms with Gasteiger partial charge < -0.3 is 88.4 Å². The van der Waals surface area contributed by atoms with E-state index in [1.54, 1.807) is 18.2 Å². The minimum atomic E-state index is -0.186. The zero-order valence-corrected chi connectivity index (χ0v) is 73.3. The van der Waals surface area contributed by atoms with E-state index in [2.05, 4.69) is 162 Å². The fraction of sp³-hybridized carbons (Fsp3) is 0.704. The highest BCUT2D eigenvalue weighted by Crippen LogP contribution is 2.17. The molecule has 0 aliphatic rings. The molecular weight excluding hydrogens is 1420 g/mol. The first-order chi connectivity index (χ1) is 52.4. The van der Waals surface area contributed by atoms with E-state index in [9.17, 15) is 28.8 Å². The van der Waals surface area contributed by atoms with E-state index >= 15 is 0 Å². The summed E-state index contributed by atoms with van der Waals surface area (Å²) >= 11 is 0. The van der Waals surface area contributed by atoms with Crippen LogP contribution < -0.4 is 31.9 Å². The van der Waals surface area contributed by atoms with Crippen LogP contribution in [0.1, 0.15) is 277 Å². The van der Waals surface area contributed by atoms with Crippen molar-refractivity contribution in [3.05, 3.63) is 104 Å². The summed E-state index contributed by atoms with van der Waals surface area (Å²) in [6, 6.07) is 6.06. The van der Waals surface area contributed by atoms with E-state index in [1.807, 2.05) is 132 Å². The molecule has 111 heavy (non-hydrogen) atoms. The molecule has 0 aliphatic carbocycles. The van der Waals surface area contributed by atoms with Crippen molar-refractivity contribution >= 4 is 35.4 Å². The van der Waals surface area contributed by atoms with Gasteiger partial charge in [0, 0.05) is 148 Å². The minimum absolute atomic E-state index is 0.0497. The summed E-state index contributed by atoms with van der Waals surface area (Å²) in [5.74, 6) is 3.53. The molecule has 630 valence electrons. The van der Waals surface area contributed by atoms with Crippen LogP contribution in [-0.4, -0.2) is 253 Å². The number of hydrogen-bond donors (Lipinski definition) is 6. The van der Waals surface area contributed by atoms with E-state index in [0.717, 1.165) is 155 Å². The minimum Gasteiger partial charge on any atom is -0.361 e. The topological polar surface area (TPSA) is 350 Å². The van der Waals surface area contributed by atoms with E-state index in [1.165, 1.54) is 25.7 Å². The number of carbonyl (C=O) groups excluding carboxylic acids is 6. The van der Waals surface area contributed by atoms with Crippen molar-refractivity contribution in [2.75, 3.05) is 109 Å². The van der Waals surface area contributed by atoms with Gasteiger partial charge in [-0.3, -0.25) is 28.8 Å². The molecule has 6 aromatic rings. The number of likely N-dealkylation sites (N-methyl/N-ethyl adjacent to an activating group) is 6. The number of nitrogens with one attached hydrogen (secondary N) is 6. The lowest BCUT2D eigenvalue weighted by Gasteiger charge is -2.26. The predicted molar refractivity (Wildman–Crippen MR) is 438 cm³/mol. The van der Waals surface area contributed by atoms with E-state index in [-0.39, 0.29) is 83.8 Å². The number of amides is 6. The Hall–Kier alpha value is -8.16. The van der Waals surface area contributed by atoms with Crippen molar-refractivity contribution in [3.8, 4) is 0 Å². The molecular formula is C81H144N18O12. The smallest absolute Gasteiger partial charge is 0.274 e. The van der Waals surface area contributed by atoms with Gasteiger partial charge in [0.15, 0.2) is 34.2 Å². The summed E-state index contributed by atoms with van der Waals surface area (Å²) in [6.45, 7) is 49.7. The molecule has 6 aromatic heterocycles. The van der Waals surface area contributed by atoms with Crippen LogP contribution in [-0.2, 0) is 38.5 Å². The molecule has 0 radical (unpaired) electrons. The molecule has 0 aromatic carbocycles. The second-order valence-electron chi connectivity index (χ2n) is 29.6. The molecule has 8 atom stereocenters. The van der Waals surface area contributed by atoms with Gasteiger partial charge in [0.1, 0.15) is 34.6 Å². The van der Waals surface area contributed by atoms with Gasteiger partial charge in [-0.15, -0.1) is 0 Å². The third-order valence-corrected chi connectivity index (χ3v) is 18.7. The average Bonchev–Trinajstić information content (AvgIpc) is 1.71. The zero-order chi connectivity index (χ0) is 84.2. The fourth-order valence-electron chi connectivity index (χ4n) is 11.4. The third-order valence-electron chi connectivity index (χ3n) is 18.7. The molecule has 0 fully saturated rings. The molecule has 6 amide bonds. The van der Waals surface area contributed by atoms with Gasteiger partial charge in [-0.2, -0.15) is 0 Å². The van der Waals surface area contributed by atoms with Crippen molar-refractivity contribution in [1.82, 2.24) is 92.2 Å². The lowest BCUT2D eigenvalue weighted by Crippen LogP contribution is -2.46. The highest BCUT2D eigenvalue weighted by molar-refractivity contribution is 5.96. The van der Waals surface area contributed by atoms with Crippen LogP contribution >= 0.6 is 0 Å². The number of carbonyl (C=O) groups is 6. The molecule has 30 heteroatoms. The van der Waals surface area contributed by atoms with Crippen molar-refractivity contribution < 1.29 is 55.9 Å². The number of nitrogens with zero attached hydrogens (tertiary/aromatic N) is 12. The van der Waals surface area contributed by atoms with Crippen LogP contribution in [0.25, 0.3) is 0 Å². The van der Waals surface area contributed by atoms with Crippen LogP contribution in [0.4, 0.5) is 0 Å². The second-order valence-corrected chi connectivity index (χ2v) is 29.6. The zero-order valence-electron chi connectivity index (χ0n) is 73.3. The van der Waals surface area contributed by atoms with Gasteiger partial charge in [-0.05, 0) is 184 Å².